The van der Waals surface area contributed by atoms with Gasteiger partial charge in [0.1, 0.15) is 5.82 Å². The number of nitrogens with one attached hydrogen (secondary N) is 1. The van der Waals surface area contributed by atoms with Crippen LogP contribution in [0.5, 0.6) is 0 Å². The number of H-pyrrole nitrogens is 1. The zero-order valence-corrected chi connectivity index (χ0v) is 9.37. The minimum Gasteiger partial charge on any atom is -0.310 e. The minimum atomic E-state index is -0.0126. The van der Waals surface area contributed by atoms with Gasteiger partial charge in [-0.3, -0.25) is 4.79 Å². The van der Waals surface area contributed by atoms with Crippen molar-refractivity contribution < 1.29 is 0 Å². The van der Waals surface area contributed by atoms with Crippen LogP contribution in [0.25, 0.3) is 0 Å². The molecule has 1 saturated carbocycles. The number of halogens is 1. The van der Waals surface area contributed by atoms with Crippen molar-refractivity contribution in [2.45, 2.75) is 25.7 Å². The lowest BCUT2D eigenvalue weighted by molar-refractivity contribution is 0.693. The molecule has 13 heavy (non-hydrogen) atoms. The molecule has 1 aliphatic carbocycles. The average molecular weight is 290 g/mol. The SMILES string of the molecule is O=c1[nH]c(CCC2CC2)ncc1I. The quantitative estimate of drug-likeness (QED) is 0.862. The Morgan fingerprint density at radius 2 is 2.38 bits per heavy atom. The molecule has 1 aliphatic rings. The molecule has 2 rings (SSSR count). The van der Waals surface area contributed by atoms with Crippen molar-refractivity contribution in [1.29, 1.82) is 0 Å². The second-order valence-corrected chi connectivity index (χ2v) is 4.65. The first-order valence-electron chi connectivity index (χ1n) is 4.49. The Labute approximate surface area is 90.1 Å². The van der Waals surface area contributed by atoms with Crippen molar-refractivity contribution >= 4 is 22.6 Å². The molecule has 0 saturated heterocycles. The smallest absolute Gasteiger partial charge is 0.264 e. The third-order valence-corrected chi connectivity index (χ3v) is 3.06. The molecule has 0 spiro atoms. The fourth-order valence-electron chi connectivity index (χ4n) is 1.29. The monoisotopic (exact) mass is 290 g/mol. The Bertz CT molecular complexity index is 357. The average Bonchev–Trinajstić information content (AvgIpc) is 2.91. The molecule has 0 bridgehead atoms. The summed E-state index contributed by atoms with van der Waals surface area (Å²) in [4.78, 5) is 18.2. The summed E-state index contributed by atoms with van der Waals surface area (Å²) in [5, 5.41) is 0. The Kier molecular flexibility index (Phi) is 2.66. The van der Waals surface area contributed by atoms with Gasteiger partial charge in [0.2, 0.25) is 0 Å². The summed E-state index contributed by atoms with van der Waals surface area (Å²) in [6, 6.07) is 0. The summed E-state index contributed by atoms with van der Waals surface area (Å²) >= 11 is 1.99. The van der Waals surface area contributed by atoms with Gasteiger partial charge in [-0.15, -0.1) is 0 Å². The highest BCUT2D eigenvalue weighted by molar-refractivity contribution is 14.1. The Hall–Kier alpha value is -0.390. The highest BCUT2D eigenvalue weighted by Crippen LogP contribution is 2.32. The molecule has 0 amide bonds. The molecule has 0 radical (unpaired) electrons. The number of nitrogens with zero attached hydrogens (tertiary/aromatic N) is 1. The van der Waals surface area contributed by atoms with E-state index < -0.39 is 0 Å². The van der Waals surface area contributed by atoms with Gasteiger partial charge < -0.3 is 4.98 Å². The van der Waals surface area contributed by atoms with Gasteiger partial charge in [-0.05, 0) is 34.9 Å². The molecule has 4 heteroatoms. The minimum absolute atomic E-state index is 0.0126. The molecule has 1 aromatic rings. The first-order valence-corrected chi connectivity index (χ1v) is 5.57. The van der Waals surface area contributed by atoms with E-state index >= 15 is 0 Å². The van der Waals surface area contributed by atoms with Crippen LogP contribution < -0.4 is 5.56 Å². The van der Waals surface area contributed by atoms with Crippen molar-refractivity contribution in [2.24, 2.45) is 5.92 Å². The zero-order chi connectivity index (χ0) is 9.26. The van der Waals surface area contributed by atoms with Crippen molar-refractivity contribution in [3.05, 3.63) is 25.9 Å². The summed E-state index contributed by atoms with van der Waals surface area (Å²) in [7, 11) is 0. The molecule has 0 unspecified atom stereocenters. The van der Waals surface area contributed by atoms with Crippen LogP contribution in [0.15, 0.2) is 11.0 Å². The van der Waals surface area contributed by atoms with E-state index in [1.807, 2.05) is 22.6 Å². The highest BCUT2D eigenvalue weighted by Gasteiger charge is 2.20. The van der Waals surface area contributed by atoms with E-state index in [-0.39, 0.29) is 5.56 Å². The van der Waals surface area contributed by atoms with E-state index in [9.17, 15) is 4.79 Å². The van der Waals surface area contributed by atoms with E-state index in [0.717, 1.165) is 18.2 Å². The first-order chi connectivity index (χ1) is 6.25. The van der Waals surface area contributed by atoms with Gasteiger partial charge in [-0.1, -0.05) is 12.8 Å². The van der Waals surface area contributed by atoms with Crippen LogP contribution in [0.3, 0.4) is 0 Å². The molecule has 0 atom stereocenters. The van der Waals surface area contributed by atoms with Gasteiger partial charge in [-0.2, -0.15) is 0 Å². The molecule has 70 valence electrons. The Morgan fingerprint density at radius 1 is 1.62 bits per heavy atom. The lowest BCUT2D eigenvalue weighted by Gasteiger charge is -1.98. The van der Waals surface area contributed by atoms with Gasteiger partial charge in [-0.25, -0.2) is 4.98 Å². The molecule has 1 N–H and O–H groups in total. The second kappa shape index (κ2) is 3.77. The molecule has 1 heterocycles. The third kappa shape index (κ3) is 2.52. The van der Waals surface area contributed by atoms with Crippen LogP contribution in [0.4, 0.5) is 0 Å². The molecular formula is C9H11IN2O. The largest absolute Gasteiger partial charge is 0.310 e. The molecule has 1 aromatic heterocycles. The number of hydrogen-bond acceptors (Lipinski definition) is 2. The van der Waals surface area contributed by atoms with Crippen LogP contribution >= 0.6 is 22.6 Å². The van der Waals surface area contributed by atoms with E-state index in [1.54, 1.807) is 6.20 Å². The maximum atomic E-state index is 11.2. The summed E-state index contributed by atoms with van der Waals surface area (Å²) in [5.74, 6) is 1.72. The number of aromatic nitrogens is 2. The van der Waals surface area contributed by atoms with Crippen LogP contribution in [-0.2, 0) is 6.42 Å². The number of hydrogen-bond donors (Lipinski definition) is 1. The van der Waals surface area contributed by atoms with E-state index in [2.05, 4.69) is 9.97 Å². The van der Waals surface area contributed by atoms with E-state index in [4.69, 9.17) is 0 Å². The molecule has 0 aliphatic heterocycles. The highest BCUT2D eigenvalue weighted by atomic mass is 127. The third-order valence-electron chi connectivity index (χ3n) is 2.29. The summed E-state index contributed by atoms with van der Waals surface area (Å²) < 4.78 is 0.660. The standard InChI is InChI=1S/C9H11IN2O/c10-7-5-11-8(12-9(7)13)4-3-6-1-2-6/h5-6H,1-4H2,(H,11,12,13). The maximum absolute atomic E-state index is 11.2. The van der Waals surface area contributed by atoms with Crippen LogP contribution in [-0.4, -0.2) is 9.97 Å². The van der Waals surface area contributed by atoms with Crippen molar-refractivity contribution in [3.8, 4) is 0 Å². The lowest BCUT2D eigenvalue weighted by atomic mass is 10.2. The predicted molar refractivity (Wildman–Crippen MR) is 58.6 cm³/mol. The second-order valence-electron chi connectivity index (χ2n) is 3.49. The predicted octanol–water partition coefficient (Wildman–Crippen LogP) is 1.72. The van der Waals surface area contributed by atoms with Gasteiger partial charge in [0.25, 0.3) is 5.56 Å². The Balaban J connectivity index is 2.03. The normalized spacial score (nSPS) is 16.1. The number of aromatic amines is 1. The number of rotatable bonds is 3. The van der Waals surface area contributed by atoms with Crippen molar-refractivity contribution in [2.75, 3.05) is 0 Å². The van der Waals surface area contributed by atoms with Crippen molar-refractivity contribution in [3.63, 3.8) is 0 Å². The van der Waals surface area contributed by atoms with Gasteiger partial charge >= 0.3 is 0 Å². The van der Waals surface area contributed by atoms with E-state index in [0.29, 0.717) is 3.57 Å². The zero-order valence-electron chi connectivity index (χ0n) is 7.22. The number of aryl methyl sites for hydroxylation is 1. The molecule has 1 fully saturated rings. The fraction of sp³-hybridized carbons (Fsp3) is 0.556. The molecular weight excluding hydrogens is 279 g/mol. The topological polar surface area (TPSA) is 45.8 Å². The van der Waals surface area contributed by atoms with Gasteiger partial charge in [0.15, 0.2) is 0 Å². The lowest BCUT2D eigenvalue weighted by Crippen LogP contribution is -2.13. The van der Waals surface area contributed by atoms with Crippen molar-refractivity contribution in [1.82, 2.24) is 9.97 Å². The maximum Gasteiger partial charge on any atom is 0.264 e. The summed E-state index contributed by atoms with van der Waals surface area (Å²) in [5.41, 5.74) is -0.0126. The van der Waals surface area contributed by atoms with E-state index in [1.165, 1.54) is 19.3 Å². The molecule has 3 nitrogen and oxygen atoms in total. The van der Waals surface area contributed by atoms with Crippen LogP contribution in [0, 0.1) is 9.49 Å². The van der Waals surface area contributed by atoms with Crippen LogP contribution in [0.2, 0.25) is 0 Å². The summed E-state index contributed by atoms with van der Waals surface area (Å²) in [6.07, 6.45) is 6.44. The van der Waals surface area contributed by atoms with Gasteiger partial charge in [0, 0.05) is 12.6 Å². The first kappa shape index (κ1) is 9.18. The fourth-order valence-corrected chi connectivity index (χ4v) is 1.56. The van der Waals surface area contributed by atoms with Gasteiger partial charge in [0.05, 0.1) is 3.57 Å². The summed E-state index contributed by atoms with van der Waals surface area (Å²) in [6.45, 7) is 0. The Morgan fingerprint density at radius 3 is 3.00 bits per heavy atom. The van der Waals surface area contributed by atoms with Crippen LogP contribution in [0.1, 0.15) is 25.1 Å². The molecule has 0 aromatic carbocycles.